The van der Waals surface area contributed by atoms with Crippen molar-refractivity contribution in [1.82, 2.24) is 0 Å². The zero-order chi connectivity index (χ0) is 20.6. The summed E-state index contributed by atoms with van der Waals surface area (Å²) < 4.78 is 37.7. The quantitative estimate of drug-likeness (QED) is 0.807. The van der Waals surface area contributed by atoms with Crippen molar-refractivity contribution >= 4 is 27.3 Å². The molecule has 2 aromatic carbocycles. The maximum Gasteiger partial charge on any atom is 0.251 e. The Morgan fingerprint density at radius 2 is 1.79 bits per heavy atom. The van der Waals surface area contributed by atoms with Gasteiger partial charge in [0.2, 0.25) is 15.9 Å². The van der Waals surface area contributed by atoms with Crippen LogP contribution >= 0.6 is 0 Å². The van der Waals surface area contributed by atoms with Gasteiger partial charge in [-0.05, 0) is 43.5 Å². The number of anilines is 2. The molecule has 0 aromatic heterocycles. The fourth-order valence-electron chi connectivity index (χ4n) is 3.84. The van der Waals surface area contributed by atoms with Gasteiger partial charge in [-0.15, -0.1) is 0 Å². The fraction of sp³-hybridized carbons (Fsp3) is 0.381. The van der Waals surface area contributed by atoms with E-state index in [1.807, 2.05) is 19.1 Å². The average molecular weight is 416 g/mol. The number of hydrogen-bond donors (Lipinski definition) is 1. The number of carbonyl (C=O) groups excluding carboxylic acids is 1. The van der Waals surface area contributed by atoms with Gasteiger partial charge in [0.1, 0.15) is 6.54 Å². The molecule has 0 unspecified atom stereocenters. The summed E-state index contributed by atoms with van der Waals surface area (Å²) in [4.78, 5) is 12.6. The summed E-state index contributed by atoms with van der Waals surface area (Å²) in [7, 11) is -3.62. The third-order valence-corrected chi connectivity index (χ3v) is 6.38. The Kier molecular flexibility index (Phi) is 4.90. The number of aryl methyl sites for hydroxylation is 1. The molecule has 2 aromatic rings. The number of sulfonamides is 1. The zero-order valence-corrected chi connectivity index (χ0v) is 17.3. The molecule has 0 saturated heterocycles. The summed E-state index contributed by atoms with van der Waals surface area (Å²) in [5.74, 6) is 0.266. The van der Waals surface area contributed by atoms with E-state index in [0.717, 1.165) is 41.8 Å². The van der Waals surface area contributed by atoms with Gasteiger partial charge < -0.3 is 14.8 Å². The lowest BCUT2D eigenvalue weighted by molar-refractivity contribution is -0.114. The predicted octanol–water partition coefficient (Wildman–Crippen LogP) is 3.44. The lowest BCUT2D eigenvalue weighted by Crippen LogP contribution is -2.37. The summed E-state index contributed by atoms with van der Waals surface area (Å²) in [6.07, 6.45) is 4.93. The van der Waals surface area contributed by atoms with Crippen LogP contribution in [0.5, 0.6) is 11.5 Å². The molecule has 0 atom stereocenters. The molecule has 1 fully saturated rings. The van der Waals surface area contributed by atoms with Gasteiger partial charge in [0.05, 0.1) is 11.9 Å². The number of hydrogen-bond acceptors (Lipinski definition) is 5. The SMILES string of the molecule is Cc1ccccc1N(CC(=O)Nc1ccc2c(c1)OC1(CCCC1)O2)S(C)(=O)=O. The summed E-state index contributed by atoms with van der Waals surface area (Å²) >= 11 is 0. The van der Waals surface area contributed by atoms with E-state index >= 15 is 0 Å². The van der Waals surface area contributed by atoms with Gasteiger partial charge in [0.15, 0.2) is 11.5 Å². The molecule has 1 aliphatic heterocycles. The smallest absolute Gasteiger partial charge is 0.251 e. The fourth-order valence-corrected chi connectivity index (χ4v) is 4.76. The third kappa shape index (κ3) is 4.03. The van der Waals surface area contributed by atoms with E-state index < -0.39 is 21.7 Å². The predicted molar refractivity (Wildman–Crippen MR) is 111 cm³/mol. The largest absolute Gasteiger partial charge is 0.448 e. The van der Waals surface area contributed by atoms with Crippen molar-refractivity contribution in [2.75, 3.05) is 22.4 Å². The number of ether oxygens (including phenoxy) is 2. The van der Waals surface area contributed by atoms with Crippen molar-refractivity contribution in [3.63, 3.8) is 0 Å². The molecule has 0 radical (unpaired) electrons. The Labute approximate surface area is 170 Å². The number of para-hydroxylation sites is 1. The number of nitrogens with one attached hydrogen (secondary N) is 1. The number of carbonyl (C=O) groups is 1. The molecule has 7 nitrogen and oxygen atoms in total. The third-order valence-electron chi connectivity index (χ3n) is 5.26. The van der Waals surface area contributed by atoms with E-state index in [2.05, 4.69) is 5.32 Å². The topological polar surface area (TPSA) is 84.9 Å². The van der Waals surface area contributed by atoms with Crippen LogP contribution in [0.4, 0.5) is 11.4 Å². The Morgan fingerprint density at radius 3 is 2.48 bits per heavy atom. The van der Waals surface area contributed by atoms with Gasteiger partial charge in [-0.1, -0.05) is 18.2 Å². The van der Waals surface area contributed by atoms with Crippen LogP contribution in [0, 0.1) is 6.92 Å². The molecule has 1 heterocycles. The van der Waals surface area contributed by atoms with Gasteiger partial charge in [0, 0.05) is 24.6 Å². The van der Waals surface area contributed by atoms with Gasteiger partial charge in [0.25, 0.3) is 5.79 Å². The molecular formula is C21H24N2O5S. The average Bonchev–Trinajstić information content (AvgIpc) is 3.25. The van der Waals surface area contributed by atoms with Crippen LogP contribution < -0.4 is 19.1 Å². The Morgan fingerprint density at radius 1 is 1.10 bits per heavy atom. The molecule has 1 amide bonds. The van der Waals surface area contributed by atoms with E-state index in [-0.39, 0.29) is 6.54 Å². The van der Waals surface area contributed by atoms with Crippen LogP contribution in [0.3, 0.4) is 0 Å². The van der Waals surface area contributed by atoms with Crippen molar-refractivity contribution in [2.24, 2.45) is 0 Å². The Hall–Kier alpha value is -2.74. The van der Waals surface area contributed by atoms with Crippen LogP contribution in [0.1, 0.15) is 31.2 Å². The number of rotatable bonds is 5. The molecule has 1 spiro atoms. The summed E-state index contributed by atoms with van der Waals surface area (Å²) in [5, 5.41) is 2.76. The van der Waals surface area contributed by atoms with Gasteiger partial charge >= 0.3 is 0 Å². The van der Waals surface area contributed by atoms with Crippen LogP contribution in [0.2, 0.25) is 0 Å². The molecular weight excluding hydrogens is 392 g/mol. The standard InChI is InChI=1S/C21H24N2O5S/c1-15-7-3-4-8-17(15)23(29(2,25)26)14-20(24)22-16-9-10-18-19(13-16)28-21(27-18)11-5-6-12-21/h3-4,7-10,13H,5-6,11-12,14H2,1-2H3,(H,22,24). The highest BCUT2D eigenvalue weighted by molar-refractivity contribution is 7.92. The van der Waals surface area contributed by atoms with Crippen LogP contribution in [-0.2, 0) is 14.8 Å². The zero-order valence-electron chi connectivity index (χ0n) is 16.5. The number of benzene rings is 2. The van der Waals surface area contributed by atoms with Crippen molar-refractivity contribution in [1.29, 1.82) is 0 Å². The molecule has 29 heavy (non-hydrogen) atoms. The molecule has 1 N–H and O–H groups in total. The summed E-state index contributed by atoms with van der Waals surface area (Å²) in [5.41, 5.74) is 1.79. The normalized spacial score (nSPS) is 16.8. The number of nitrogens with zero attached hydrogens (tertiary/aromatic N) is 1. The second-order valence-electron chi connectivity index (χ2n) is 7.59. The first-order valence-corrected chi connectivity index (χ1v) is 11.5. The molecule has 4 rings (SSSR count). The second-order valence-corrected chi connectivity index (χ2v) is 9.49. The highest BCUT2D eigenvalue weighted by Crippen LogP contribution is 2.47. The van der Waals surface area contributed by atoms with E-state index in [1.54, 1.807) is 30.3 Å². The number of amides is 1. The van der Waals surface area contributed by atoms with E-state index in [0.29, 0.717) is 22.9 Å². The summed E-state index contributed by atoms with van der Waals surface area (Å²) in [6.45, 7) is 1.49. The minimum absolute atomic E-state index is 0.317. The molecule has 8 heteroatoms. The van der Waals surface area contributed by atoms with Crippen LogP contribution in [0.15, 0.2) is 42.5 Å². The van der Waals surface area contributed by atoms with E-state index in [9.17, 15) is 13.2 Å². The van der Waals surface area contributed by atoms with Gasteiger partial charge in [-0.3, -0.25) is 9.10 Å². The van der Waals surface area contributed by atoms with Crippen molar-refractivity contribution in [3.8, 4) is 11.5 Å². The van der Waals surface area contributed by atoms with Crippen molar-refractivity contribution in [2.45, 2.75) is 38.4 Å². The van der Waals surface area contributed by atoms with Crippen LogP contribution in [-0.4, -0.2) is 32.9 Å². The van der Waals surface area contributed by atoms with Crippen molar-refractivity contribution < 1.29 is 22.7 Å². The van der Waals surface area contributed by atoms with Crippen LogP contribution in [0.25, 0.3) is 0 Å². The maximum atomic E-state index is 12.6. The highest BCUT2D eigenvalue weighted by Gasteiger charge is 2.44. The molecule has 154 valence electrons. The first kappa shape index (κ1) is 19.6. The first-order valence-electron chi connectivity index (χ1n) is 9.61. The lowest BCUT2D eigenvalue weighted by atomic mass is 10.2. The molecule has 1 saturated carbocycles. The van der Waals surface area contributed by atoms with Crippen molar-refractivity contribution in [3.05, 3.63) is 48.0 Å². The Bertz CT molecular complexity index is 1040. The Balaban J connectivity index is 1.49. The minimum Gasteiger partial charge on any atom is -0.448 e. The monoisotopic (exact) mass is 416 g/mol. The summed E-state index contributed by atoms with van der Waals surface area (Å²) in [6, 6.07) is 12.3. The van der Waals surface area contributed by atoms with Gasteiger partial charge in [-0.25, -0.2) is 8.42 Å². The minimum atomic E-state index is -3.62. The van der Waals surface area contributed by atoms with E-state index in [1.165, 1.54) is 0 Å². The lowest BCUT2D eigenvalue weighted by Gasteiger charge is -2.23. The second kappa shape index (κ2) is 7.26. The van der Waals surface area contributed by atoms with Gasteiger partial charge in [-0.2, -0.15) is 0 Å². The molecule has 1 aliphatic carbocycles. The molecule has 2 aliphatic rings. The maximum absolute atomic E-state index is 12.6. The molecule has 0 bridgehead atoms. The first-order chi connectivity index (χ1) is 13.8. The number of fused-ring (bicyclic) bond motifs is 1. The van der Waals surface area contributed by atoms with E-state index in [4.69, 9.17) is 9.47 Å². The highest BCUT2D eigenvalue weighted by atomic mass is 32.2.